The predicted molar refractivity (Wildman–Crippen MR) is 95.1 cm³/mol. The Morgan fingerprint density at radius 3 is 2.50 bits per heavy atom. The van der Waals surface area contributed by atoms with E-state index in [0.717, 1.165) is 19.4 Å². The molecule has 0 radical (unpaired) electrons. The molecule has 2 aliphatic rings. The molecule has 1 heterocycles. The fraction of sp³-hybridized carbons (Fsp3) is 0.550. The molecule has 1 aromatic rings. The van der Waals surface area contributed by atoms with Gasteiger partial charge in [0.15, 0.2) is 5.78 Å². The van der Waals surface area contributed by atoms with Gasteiger partial charge in [-0.3, -0.25) is 14.4 Å². The molecule has 1 N–H and O–H groups in total. The van der Waals surface area contributed by atoms with Gasteiger partial charge in [0.2, 0.25) is 11.8 Å². The van der Waals surface area contributed by atoms with Crippen molar-refractivity contribution in [3.8, 4) is 0 Å². The zero-order valence-corrected chi connectivity index (χ0v) is 14.9. The maximum atomic E-state index is 12.9. The predicted octanol–water partition coefficient (Wildman–Crippen LogP) is 2.70. The van der Waals surface area contributed by atoms with E-state index in [1.54, 1.807) is 0 Å². The summed E-state index contributed by atoms with van der Waals surface area (Å²) in [4.78, 5) is 38.1. The number of benzene rings is 1. The van der Waals surface area contributed by atoms with E-state index in [4.69, 9.17) is 0 Å². The first-order chi connectivity index (χ1) is 12.5. The average molecular weight is 360 g/mol. The lowest BCUT2D eigenvalue weighted by atomic mass is 10.1. The number of ketones is 1. The van der Waals surface area contributed by atoms with Gasteiger partial charge in [-0.05, 0) is 37.1 Å². The Hall–Kier alpha value is -2.24. The van der Waals surface area contributed by atoms with Crippen LogP contribution < -0.4 is 5.32 Å². The molecule has 0 bridgehead atoms. The molecule has 0 aromatic heterocycles. The average Bonchev–Trinajstić information content (AvgIpc) is 3.28. The molecule has 1 aromatic carbocycles. The minimum absolute atomic E-state index is 0.0925. The number of nitrogens with zero attached hydrogens (tertiary/aromatic N) is 1. The van der Waals surface area contributed by atoms with Crippen LogP contribution in [0.2, 0.25) is 0 Å². The van der Waals surface area contributed by atoms with Gasteiger partial charge in [-0.25, -0.2) is 4.39 Å². The van der Waals surface area contributed by atoms with E-state index in [1.165, 1.54) is 37.1 Å². The molecule has 1 saturated carbocycles. The molecule has 26 heavy (non-hydrogen) atoms. The van der Waals surface area contributed by atoms with Crippen molar-refractivity contribution >= 4 is 17.6 Å². The molecule has 6 heteroatoms. The fourth-order valence-corrected chi connectivity index (χ4v) is 3.87. The molecule has 140 valence electrons. The van der Waals surface area contributed by atoms with Crippen molar-refractivity contribution in [1.82, 2.24) is 10.2 Å². The summed E-state index contributed by atoms with van der Waals surface area (Å²) >= 11 is 0. The summed E-state index contributed by atoms with van der Waals surface area (Å²) in [5.41, 5.74) is 0.410. The van der Waals surface area contributed by atoms with Crippen LogP contribution in [0.25, 0.3) is 0 Å². The minimum atomic E-state index is -0.392. The zero-order chi connectivity index (χ0) is 18.5. The number of rotatable bonds is 7. The van der Waals surface area contributed by atoms with Gasteiger partial charge in [-0.2, -0.15) is 0 Å². The second kappa shape index (κ2) is 8.43. The number of carbonyl (C=O) groups is 3. The van der Waals surface area contributed by atoms with Gasteiger partial charge in [-0.15, -0.1) is 0 Å². The number of Topliss-reactive ketones (excluding diaryl/α,β-unsaturated/α-hetero) is 1. The molecular formula is C20H25FN2O3. The largest absolute Gasteiger partial charge is 0.356 e. The quantitative estimate of drug-likeness (QED) is 0.760. The number of hydrogen-bond donors (Lipinski definition) is 1. The molecule has 5 nitrogen and oxygen atoms in total. The lowest BCUT2D eigenvalue weighted by molar-refractivity contribution is -0.129. The second-order valence-electron chi connectivity index (χ2n) is 7.29. The minimum Gasteiger partial charge on any atom is -0.356 e. The topological polar surface area (TPSA) is 66.5 Å². The number of hydrogen-bond acceptors (Lipinski definition) is 3. The molecule has 1 saturated heterocycles. The second-order valence-corrected chi connectivity index (χ2v) is 7.29. The van der Waals surface area contributed by atoms with Crippen LogP contribution in [0.3, 0.4) is 0 Å². The van der Waals surface area contributed by atoms with Crippen molar-refractivity contribution in [1.29, 1.82) is 0 Å². The number of nitrogens with one attached hydrogen (secondary N) is 1. The third-order valence-electron chi connectivity index (χ3n) is 5.34. The van der Waals surface area contributed by atoms with Crippen molar-refractivity contribution in [2.75, 3.05) is 13.1 Å². The van der Waals surface area contributed by atoms with E-state index in [1.807, 2.05) is 4.90 Å². The summed E-state index contributed by atoms with van der Waals surface area (Å²) in [5, 5.41) is 2.84. The number of likely N-dealkylation sites (tertiary alicyclic amines) is 1. The summed E-state index contributed by atoms with van der Waals surface area (Å²) in [6.07, 6.45) is 5.26. The normalized spacial score (nSPS) is 20.6. The van der Waals surface area contributed by atoms with E-state index >= 15 is 0 Å². The number of halogens is 1. The van der Waals surface area contributed by atoms with Crippen LogP contribution in [0.4, 0.5) is 4.39 Å². The number of amides is 2. The lowest BCUT2D eigenvalue weighted by Gasteiger charge is -2.24. The van der Waals surface area contributed by atoms with Gasteiger partial charge in [0.05, 0.1) is 0 Å². The standard InChI is InChI=1S/C20H25FN2O3/c21-16-7-5-15(6-8-16)18(24)9-10-19(25)22-12-14-11-20(26)23(13-14)17-3-1-2-4-17/h5-8,14,17H,1-4,9-13H2,(H,22,25)/t14-/m0/s1. The van der Waals surface area contributed by atoms with Crippen molar-refractivity contribution in [2.24, 2.45) is 5.92 Å². The summed E-state index contributed by atoms with van der Waals surface area (Å²) in [6, 6.07) is 5.71. The van der Waals surface area contributed by atoms with Crippen LogP contribution >= 0.6 is 0 Å². The number of carbonyl (C=O) groups excluding carboxylic acids is 3. The van der Waals surface area contributed by atoms with Crippen molar-refractivity contribution in [3.05, 3.63) is 35.6 Å². The fourth-order valence-electron chi connectivity index (χ4n) is 3.87. The van der Waals surface area contributed by atoms with E-state index in [0.29, 0.717) is 24.6 Å². The van der Waals surface area contributed by atoms with Gasteiger partial charge < -0.3 is 10.2 Å². The molecule has 2 amide bonds. The maximum Gasteiger partial charge on any atom is 0.223 e. The van der Waals surface area contributed by atoms with Crippen molar-refractivity contribution < 1.29 is 18.8 Å². The Morgan fingerprint density at radius 1 is 1.12 bits per heavy atom. The Labute approximate surface area is 152 Å². The zero-order valence-electron chi connectivity index (χ0n) is 14.9. The molecule has 3 rings (SSSR count). The maximum absolute atomic E-state index is 12.9. The van der Waals surface area contributed by atoms with Crippen LogP contribution in [0, 0.1) is 11.7 Å². The first-order valence-electron chi connectivity index (χ1n) is 9.38. The Bertz CT molecular complexity index is 668. The van der Waals surface area contributed by atoms with Gasteiger partial charge in [0.25, 0.3) is 0 Å². The third kappa shape index (κ3) is 4.68. The molecule has 0 unspecified atom stereocenters. The van der Waals surface area contributed by atoms with Crippen LogP contribution in [-0.2, 0) is 9.59 Å². The molecular weight excluding hydrogens is 335 g/mol. The highest BCUT2D eigenvalue weighted by Gasteiger charge is 2.35. The van der Waals surface area contributed by atoms with Crippen LogP contribution in [0.15, 0.2) is 24.3 Å². The lowest BCUT2D eigenvalue weighted by Crippen LogP contribution is -2.36. The van der Waals surface area contributed by atoms with Crippen LogP contribution in [-0.4, -0.2) is 41.6 Å². The first kappa shape index (κ1) is 18.5. The Kier molecular flexibility index (Phi) is 6.01. The van der Waals surface area contributed by atoms with E-state index in [-0.39, 0.29) is 36.4 Å². The van der Waals surface area contributed by atoms with Crippen molar-refractivity contribution in [2.45, 2.75) is 51.0 Å². The molecule has 1 aliphatic heterocycles. The summed E-state index contributed by atoms with van der Waals surface area (Å²) < 4.78 is 12.9. The van der Waals surface area contributed by atoms with Gasteiger partial charge in [0.1, 0.15) is 5.82 Å². The highest BCUT2D eigenvalue weighted by Crippen LogP contribution is 2.29. The Morgan fingerprint density at radius 2 is 1.81 bits per heavy atom. The van der Waals surface area contributed by atoms with Crippen LogP contribution in [0.1, 0.15) is 55.3 Å². The van der Waals surface area contributed by atoms with E-state index in [2.05, 4.69) is 5.32 Å². The highest BCUT2D eigenvalue weighted by atomic mass is 19.1. The molecule has 1 aliphatic carbocycles. The Balaban J connectivity index is 1.38. The summed E-state index contributed by atoms with van der Waals surface area (Å²) in [6.45, 7) is 1.19. The van der Waals surface area contributed by atoms with E-state index < -0.39 is 5.82 Å². The molecule has 0 spiro atoms. The SMILES string of the molecule is O=C(CCC(=O)c1ccc(F)cc1)NC[C@@H]1CC(=O)N(C2CCCC2)C1. The van der Waals surface area contributed by atoms with Gasteiger partial charge >= 0.3 is 0 Å². The highest BCUT2D eigenvalue weighted by molar-refractivity contribution is 5.97. The van der Waals surface area contributed by atoms with E-state index in [9.17, 15) is 18.8 Å². The smallest absolute Gasteiger partial charge is 0.223 e. The third-order valence-corrected chi connectivity index (χ3v) is 5.34. The summed E-state index contributed by atoms with van der Waals surface area (Å²) in [7, 11) is 0. The molecule has 1 atom stereocenters. The van der Waals surface area contributed by atoms with Gasteiger partial charge in [-0.1, -0.05) is 12.8 Å². The van der Waals surface area contributed by atoms with Gasteiger partial charge in [0, 0.05) is 49.9 Å². The summed E-state index contributed by atoms with van der Waals surface area (Å²) in [5.74, 6) is -0.407. The monoisotopic (exact) mass is 360 g/mol. The first-order valence-corrected chi connectivity index (χ1v) is 9.38. The van der Waals surface area contributed by atoms with Crippen molar-refractivity contribution in [3.63, 3.8) is 0 Å². The molecule has 2 fully saturated rings. The van der Waals surface area contributed by atoms with Crippen LogP contribution in [0.5, 0.6) is 0 Å².